The summed E-state index contributed by atoms with van der Waals surface area (Å²) in [7, 11) is 0. The van der Waals surface area contributed by atoms with E-state index in [0.717, 1.165) is 10.6 Å². The molecule has 3 heterocycles. The average Bonchev–Trinajstić information content (AvgIpc) is 2.88. The summed E-state index contributed by atoms with van der Waals surface area (Å²) in [6, 6.07) is 21.6. The zero-order valence-corrected chi connectivity index (χ0v) is 18.9. The SMILES string of the molecule is O=C1NC(=O)C2(Cc3cccc(F)c3N3CCN(c4ccccc4)CC32)C(=O)N1c1ccccc1. The maximum atomic E-state index is 15.1. The van der Waals surface area contributed by atoms with Gasteiger partial charge in [-0.3, -0.25) is 14.9 Å². The molecule has 7 nitrogen and oxygen atoms in total. The lowest BCUT2D eigenvalue weighted by Gasteiger charge is -2.55. The number of rotatable bonds is 2. The zero-order chi connectivity index (χ0) is 24.2. The number of fused-ring (bicyclic) bond motifs is 4. The summed E-state index contributed by atoms with van der Waals surface area (Å²) in [4.78, 5) is 45.7. The van der Waals surface area contributed by atoms with Crippen molar-refractivity contribution in [1.29, 1.82) is 0 Å². The number of nitrogens with one attached hydrogen (secondary N) is 1. The Bertz CT molecular complexity index is 1330. The Morgan fingerprint density at radius 2 is 1.51 bits per heavy atom. The molecule has 4 amide bonds. The molecule has 35 heavy (non-hydrogen) atoms. The van der Waals surface area contributed by atoms with Gasteiger partial charge in [-0.1, -0.05) is 48.5 Å². The number of amides is 4. The number of benzene rings is 3. The van der Waals surface area contributed by atoms with Crippen molar-refractivity contribution in [3.63, 3.8) is 0 Å². The van der Waals surface area contributed by atoms with E-state index in [1.807, 2.05) is 35.2 Å². The molecule has 176 valence electrons. The molecule has 2 fully saturated rings. The van der Waals surface area contributed by atoms with Gasteiger partial charge in [0.25, 0.3) is 5.91 Å². The summed E-state index contributed by atoms with van der Waals surface area (Å²) in [5.41, 5.74) is 0.758. The van der Waals surface area contributed by atoms with Crippen molar-refractivity contribution in [1.82, 2.24) is 5.32 Å². The van der Waals surface area contributed by atoms with Crippen LogP contribution in [0.4, 0.5) is 26.2 Å². The van der Waals surface area contributed by atoms with E-state index in [4.69, 9.17) is 0 Å². The molecule has 0 aromatic heterocycles. The number of imide groups is 2. The molecule has 3 aliphatic heterocycles. The lowest BCUT2D eigenvalue weighted by Crippen LogP contribution is -2.75. The Hall–Kier alpha value is -4.20. The Labute approximate surface area is 201 Å². The fourth-order valence-corrected chi connectivity index (χ4v) is 5.70. The molecular formula is C27H23FN4O3. The van der Waals surface area contributed by atoms with E-state index in [-0.39, 0.29) is 12.2 Å². The molecule has 2 atom stereocenters. The Balaban J connectivity index is 1.51. The molecule has 0 aliphatic carbocycles. The van der Waals surface area contributed by atoms with E-state index in [1.165, 1.54) is 6.07 Å². The van der Waals surface area contributed by atoms with Crippen LogP contribution in [0, 0.1) is 11.2 Å². The molecule has 0 saturated carbocycles. The van der Waals surface area contributed by atoms with Crippen molar-refractivity contribution in [3.05, 3.63) is 90.2 Å². The fourth-order valence-electron chi connectivity index (χ4n) is 5.70. The Kier molecular flexibility index (Phi) is 4.84. The molecule has 0 bridgehead atoms. The third-order valence-corrected chi connectivity index (χ3v) is 7.33. The number of barbiturate groups is 1. The fraction of sp³-hybridized carbons (Fsp3) is 0.222. The van der Waals surface area contributed by atoms with Gasteiger partial charge in [-0.05, 0) is 35.9 Å². The number of piperazine rings is 1. The number of halogens is 1. The quantitative estimate of drug-likeness (QED) is 0.582. The van der Waals surface area contributed by atoms with Crippen LogP contribution in [0.2, 0.25) is 0 Å². The summed E-state index contributed by atoms with van der Waals surface area (Å²) >= 11 is 0. The van der Waals surface area contributed by atoms with Gasteiger partial charge < -0.3 is 9.80 Å². The smallest absolute Gasteiger partial charge is 0.335 e. The number of carbonyl (C=O) groups is 3. The van der Waals surface area contributed by atoms with Crippen LogP contribution in [0.15, 0.2) is 78.9 Å². The van der Waals surface area contributed by atoms with Gasteiger partial charge in [-0.25, -0.2) is 14.1 Å². The van der Waals surface area contributed by atoms with E-state index in [1.54, 1.807) is 42.5 Å². The first-order chi connectivity index (χ1) is 17.0. The molecular weight excluding hydrogens is 447 g/mol. The summed E-state index contributed by atoms with van der Waals surface area (Å²) in [6.07, 6.45) is 0.00513. The van der Waals surface area contributed by atoms with Crippen molar-refractivity contribution >= 4 is 34.9 Å². The highest BCUT2D eigenvalue weighted by molar-refractivity contribution is 6.30. The van der Waals surface area contributed by atoms with E-state index in [9.17, 15) is 14.4 Å². The summed E-state index contributed by atoms with van der Waals surface area (Å²) in [5.74, 6) is -1.60. The molecule has 8 heteroatoms. The first-order valence-electron chi connectivity index (χ1n) is 11.6. The second-order valence-corrected chi connectivity index (χ2v) is 9.12. The van der Waals surface area contributed by atoms with Crippen LogP contribution in [0.1, 0.15) is 5.56 Å². The molecule has 6 rings (SSSR count). The van der Waals surface area contributed by atoms with E-state index in [0.29, 0.717) is 36.6 Å². The molecule has 0 radical (unpaired) electrons. The van der Waals surface area contributed by atoms with Crippen LogP contribution in [-0.4, -0.2) is 43.5 Å². The first kappa shape index (κ1) is 21.3. The largest absolute Gasteiger partial charge is 0.368 e. The molecule has 3 aliphatic rings. The van der Waals surface area contributed by atoms with Crippen molar-refractivity contribution in [2.75, 3.05) is 34.3 Å². The van der Waals surface area contributed by atoms with Crippen LogP contribution in [0.25, 0.3) is 0 Å². The van der Waals surface area contributed by atoms with Crippen LogP contribution in [-0.2, 0) is 16.0 Å². The lowest BCUT2D eigenvalue weighted by molar-refractivity contribution is -0.144. The van der Waals surface area contributed by atoms with E-state index >= 15 is 4.39 Å². The monoisotopic (exact) mass is 470 g/mol. The van der Waals surface area contributed by atoms with Crippen molar-refractivity contribution in [3.8, 4) is 0 Å². The van der Waals surface area contributed by atoms with Gasteiger partial charge in [0.2, 0.25) is 5.91 Å². The maximum absolute atomic E-state index is 15.1. The highest BCUT2D eigenvalue weighted by atomic mass is 19.1. The molecule has 3 aromatic carbocycles. The second kappa shape index (κ2) is 7.94. The van der Waals surface area contributed by atoms with Gasteiger partial charge in [0, 0.05) is 31.7 Å². The second-order valence-electron chi connectivity index (χ2n) is 9.12. The average molecular weight is 471 g/mol. The highest BCUT2D eigenvalue weighted by Crippen LogP contribution is 2.47. The normalized spacial score (nSPS) is 23.7. The van der Waals surface area contributed by atoms with Gasteiger partial charge in [-0.15, -0.1) is 0 Å². The van der Waals surface area contributed by atoms with Gasteiger partial charge in [0.15, 0.2) is 5.41 Å². The van der Waals surface area contributed by atoms with Gasteiger partial charge >= 0.3 is 6.03 Å². The Morgan fingerprint density at radius 3 is 2.23 bits per heavy atom. The zero-order valence-electron chi connectivity index (χ0n) is 18.9. The molecule has 1 spiro atoms. The van der Waals surface area contributed by atoms with Crippen molar-refractivity contribution in [2.45, 2.75) is 12.5 Å². The van der Waals surface area contributed by atoms with E-state index < -0.39 is 29.3 Å². The number of hydrogen-bond acceptors (Lipinski definition) is 5. The third kappa shape index (κ3) is 3.13. The first-order valence-corrected chi connectivity index (χ1v) is 11.6. The number of carbonyl (C=O) groups excluding carboxylic acids is 3. The predicted molar refractivity (Wildman–Crippen MR) is 130 cm³/mol. The minimum Gasteiger partial charge on any atom is -0.368 e. The van der Waals surface area contributed by atoms with Crippen molar-refractivity contribution < 1.29 is 18.8 Å². The van der Waals surface area contributed by atoms with Crippen LogP contribution in [0.3, 0.4) is 0 Å². The third-order valence-electron chi connectivity index (χ3n) is 7.33. The minimum absolute atomic E-state index is 0.00513. The topological polar surface area (TPSA) is 73.0 Å². The lowest BCUT2D eigenvalue weighted by atomic mass is 9.67. The summed E-state index contributed by atoms with van der Waals surface area (Å²) in [6.45, 7) is 1.35. The number of hydrogen-bond donors (Lipinski definition) is 1. The Morgan fingerprint density at radius 1 is 0.829 bits per heavy atom. The number of nitrogens with zero attached hydrogens (tertiary/aromatic N) is 3. The van der Waals surface area contributed by atoms with Crippen LogP contribution in [0.5, 0.6) is 0 Å². The van der Waals surface area contributed by atoms with Gasteiger partial charge in [0.05, 0.1) is 17.4 Å². The standard InChI is InChI=1S/C27H23FN4O3/c28-21-13-7-8-18-16-27(24(33)29-26(35)32(25(27)34)20-11-5-2-6-12-20)22-17-30(14-15-31(22)23(18)21)19-9-3-1-4-10-19/h1-13,22H,14-17H2,(H,29,33,35). The number of urea groups is 1. The number of para-hydroxylation sites is 3. The summed E-state index contributed by atoms with van der Waals surface area (Å²) < 4.78 is 15.1. The highest BCUT2D eigenvalue weighted by Gasteiger charge is 2.63. The summed E-state index contributed by atoms with van der Waals surface area (Å²) in [5, 5.41) is 2.44. The van der Waals surface area contributed by atoms with E-state index in [2.05, 4.69) is 10.2 Å². The van der Waals surface area contributed by atoms with Gasteiger partial charge in [-0.2, -0.15) is 0 Å². The predicted octanol–water partition coefficient (Wildman–Crippen LogP) is 3.35. The van der Waals surface area contributed by atoms with Crippen LogP contribution >= 0.6 is 0 Å². The molecule has 3 aromatic rings. The number of anilines is 3. The molecule has 2 saturated heterocycles. The van der Waals surface area contributed by atoms with Crippen molar-refractivity contribution in [2.24, 2.45) is 5.41 Å². The minimum atomic E-state index is -1.60. The molecule has 1 N–H and O–H groups in total. The maximum Gasteiger partial charge on any atom is 0.335 e. The van der Waals surface area contributed by atoms with Gasteiger partial charge in [0.1, 0.15) is 5.82 Å². The van der Waals surface area contributed by atoms with Crippen LogP contribution < -0.4 is 20.0 Å². The molecule has 2 unspecified atom stereocenters.